The third kappa shape index (κ3) is 4.47. The highest BCUT2D eigenvalue weighted by Gasteiger charge is 2.26. The van der Waals surface area contributed by atoms with Crippen molar-refractivity contribution >= 4 is 11.7 Å². The van der Waals surface area contributed by atoms with E-state index in [0.717, 1.165) is 62.7 Å². The standard InChI is InChI=1S/C21H30N4O3/c1-27-15-19-7-6-18(28-19)14-24-12-9-17(10-13-24)25-20(8-11-22-25)23-21(26)16-4-2-3-5-16/h6-8,11,16-17H,2-5,9-10,12-15H2,1H3,(H,23,26). The summed E-state index contributed by atoms with van der Waals surface area (Å²) < 4.78 is 12.9. The van der Waals surface area contributed by atoms with E-state index in [1.165, 1.54) is 12.8 Å². The lowest BCUT2D eigenvalue weighted by Crippen LogP contribution is -2.35. The van der Waals surface area contributed by atoms with E-state index in [4.69, 9.17) is 9.15 Å². The Morgan fingerprint density at radius 1 is 1.18 bits per heavy atom. The molecule has 0 unspecified atom stereocenters. The largest absolute Gasteiger partial charge is 0.462 e. The van der Waals surface area contributed by atoms with Crippen LogP contribution in [-0.4, -0.2) is 40.8 Å². The van der Waals surface area contributed by atoms with E-state index in [1.54, 1.807) is 13.3 Å². The van der Waals surface area contributed by atoms with Crippen LogP contribution >= 0.6 is 0 Å². The number of anilines is 1. The van der Waals surface area contributed by atoms with Crippen LogP contribution in [0.4, 0.5) is 5.82 Å². The zero-order chi connectivity index (χ0) is 19.3. The number of methoxy groups -OCH3 is 1. The molecule has 1 aliphatic carbocycles. The van der Waals surface area contributed by atoms with Crippen molar-refractivity contribution < 1.29 is 13.9 Å². The van der Waals surface area contributed by atoms with Crippen molar-refractivity contribution in [2.24, 2.45) is 5.92 Å². The first-order valence-electron chi connectivity index (χ1n) is 10.4. The normalized spacial score (nSPS) is 19.3. The molecule has 0 spiro atoms. The molecular weight excluding hydrogens is 356 g/mol. The quantitative estimate of drug-likeness (QED) is 0.787. The van der Waals surface area contributed by atoms with Crippen LogP contribution in [0.15, 0.2) is 28.8 Å². The van der Waals surface area contributed by atoms with Crippen molar-refractivity contribution in [1.82, 2.24) is 14.7 Å². The first kappa shape index (κ1) is 19.2. The summed E-state index contributed by atoms with van der Waals surface area (Å²) in [6, 6.07) is 6.25. The van der Waals surface area contributed by atoms with Gasteiger partial charge in [0.2, 0.25) is 5.91 Å². The smallest absolute Gasteiger partial charge is 0.228 e. The van der Waals surface area contributed by atoms with Gasteiger partial charge in [-0.15, -0.1) is 0 Å². The summed E-state index contributed by atoms with van der Waals surface area (Å²) in [7, 11) is 1.67. The van der Waals surface area contributed by atoms with Crippen molar-refractivity contribution in [2.45, 2.75) is 57.7 Å². The number of likely N-dealkylation sites (tertiary alicyclic amines) is 1. The zero-order valence-corrected chi connectivity index (χ0v) is 16.6. The molecule has 1 saturated carbocycles. The Morgan fingerprint density at radius 2 is 1.93 bits per heavy atom. The van der Waals surface area contributed by atoms with Gasteiger partial charge in [0.05, 0.1) is 18.8 Å². The predicted octanol–water partition coefficient (Wildman–Crippen LogP) is 3.59. The van der Waals surface area contributed by atoms with Crippen molar-refractivity contribution in [3.05, 3.63) is 35.9 Å². The van der Waals surface area contributed by atoms with Crippen molar-refractivity contribution in [2.75, 3.05) is 25.5 Å². The molecule has 3 heterocycles. The van der Waals surface area contributed by atoms with E-state index in [9.17, 15) is 4.79 Å². The lowest BCUT2D eigenvalue weighted by atomic mass is 10.0. The summed E-state index contributed by atoms with van der Waals surface area (Å²) in [6.45, 7) is 3.30. The summed E-state index contributed by atoms with van der Waals surface area (Å²) in [5.74, 6) is 3.01. The Labute approximate surface area is 166 Å². The number of nitrogens with one attached hydrogen (secondary N) is 1. The van der Waals surface area contributed by atoms with Gasteiger partial charge in [0.15, 0.2) is 0 Å². The third-order valence-corrected chi connectivity index (χ3v) is 5.93. The van der Waals surface area contributed by atoms with Crippen molar-refractivity contribution in [3.8, 4) is 0 Å². The van der Waals surface area contributed by atoms with E-state index >= 15 is 0 Å². The number of nitrogens with zero attached hydrogens (tertiary/aromatic N) is 3. The average Bonchev–Trinajstić information content (AvgIpc) is 3.45. The van der Waals surface area contributed by atoms with Gasteiger partial charge in [-0.2, -0.15) is 5.10 Å². The highest BCUT2D eigenvalue weighted by atomic mass is 16.5. The van der Waals surface area contributed by atoms with E-state index in [-0.39, 0.29) is 11.8 Å². The van der Waals surface area contributed by atoms with E-state index < -0.39 is 0 Å². The minimum Gasteiger partial charge on any atom is -0.462 e. The molecule has 2 aromatic rings. The zero-order valence-electron chi connectivity index (χ0n) is 16.6. The summed E-state index contributed by atoms with van der Waals surface area (Å²) >= 11 is 0. The Morgan fingerprint density at radius 3 is 2.68 bits per heavy atom. The van der Waals surface area contributed by atoms with Gasteiger partial charge in [-0.3, -0.25) is 9.69 Å². The molecular formula is C21H30N4O3. The molecule has 4 rings (SSSR count). The highest BCUT2D eigenvalue weighted by molar-refractivity contribution is 5.91. The van der Waals surface area contributed by atoms with Crippen LogP contribution in [0.5, 0.6) is 0 Å². The number of piperidine rings is 1. The molecule has 1 saturated heterocycles. The fourth-order valence-corrected chi connectivity index (χ4v) is 4.39. The maximum atomic E-state index is 12.5. The van der Waals surface area contributed by atoms with Crippen LogP contribution in [-0.2, 0) is 22.7 Å². The lowest BCUT2D eigenvalue weighted by molar-refractivity contribution is -0.119. The highest BCUT2D eigenvalue weighted by Crippen LogP contribution is 2.29. The average molecular weight is 386 g/mol. The fourth-order valence-electron chi connectivity index (χ4n) is 4.39. The molecule has 2 aromatic heterocycles. The Kier molecular flexibility index (Phi) is 6.12. The number of carbonyl (C=O) groups is 1. The number of amides is 1. The summed E-state index contributed by atoms with van der Waals surface area (Å²) in [5.41, 5.74) is 0. The second-order valence-corrected chi connectivity index (χ2v) is 7.94. The van der Waals surface area contributed by atoms with Gasteiger partial charge >= 0.3 is 0 Å². The molecule has 0 aromatic carbocycles. The second-order valence-electron chi connectivity index (χ2n) is 7.94. The van der Waals surface area contributed by atoms with Crippen LogP contribution in [0, 0.1) is 5.92 Å². The predicted molar refractivity (Wildman–Crippen MR) is 106 cm³/mol. The van der Waals surface area contributed by atoms with Gasteiger partial charge in [-0.05, 0) is 37.8 Å². The molecule has 0 atom stereocenters. The van der Waals surface area contributed by atoms with Gasteiger partial charge in [0, 0.05) is 32.2 Å². The molecule has 2 fully saturated rings. The third-order valence-electron chi connectivity index (χ3n) is 5.93. The fraction of sp³-hybridized carbons (Fsp3) is 0.619. The van der Waals surface area contributed by atoms with Gasteiger partial charge in [-0.1, -0.05) is 12.8 Å². The molecule has 0 bridgehead atoms. The van der Waals surface area contributed by atoms with Crippen LogP contribution in [0.25, 0.3) is 0 Å². The van der Waals surface area contributed by atoms with Gasteiger partial charge in [0.1, 0.15) is 23.9 Å². The summed E-state index contributed by atoms with van der Waals surface area (Å²) in [5, 5.41) is 7.62. The molecule has 0 radical (unpaired) electrons. The SMILES string of the molecule is COCc1ccc(CN2CCC(n3nccc3NC(=O)C3CCCC3)CC2)o1. The molecule has 28 heavy (non-hydrogen) atoms. The van der Waals surface area contributed by atoms with Crippen molar-refractivity contribution in [1.29, 1.82) is 0 Å². The van der Waals surface area contributed by atoms with Crippen LogP contribution in [0.3, 0.4) is 0 Å². The number of hydrogen-bond donors (Lipinski definition) is 1. The maximum Gasteiger partial charge on any atom is 0.228 e. The monoisotopic (exact) mass is 386 g/mol. The van der Waals surface area contributed by atoms with E-state index in [0.29, 0.717) is 12.6 Å². The molecule has 152 valence electrons. The number of ether oxygens (including phenoxy) is 1. The van der Waals surface area contributed by atoms with E-state index in [2.05, 4.69) is 15.3 Å². The molecule has 1 N–H and O–H groups in total. The van der Waals surface area contributed by atoms with Gasteiger partial charge in [0.25, 0.3) is 0 Å². The molecule has 2 aliphatic rings. The first-order valence-corrected chi connectivity index (χ1v) is 10.4. The second kappa shape index (κ2) is 8.92. The molecule has 7 nitrogen and oxygen atoms in total. The first-order chi connectivity index (χ1) is 13.7. The van der Waals surface area contributed by atoms with Gasteiger partial charge in [-0.25, -0.2) is 4.68 Å². The topological polar surface area (TPSA) is 72.5 Å². The number of furan rings is 1. The van der Waals surface area contributed by atoms with Crippen molar-refractivity contribution in [3.63, 3.8) is 0 Å². The Bertz CT molecular complexity index is 770. The molecule has 7 heteroatoms. The number of aromatic nitrogens is 2. The van der Waals surface area contributed by atoms with E-state index in [1.807, 2.05) is 22.9 Å². The number of rotatable bonds is 7. The molecule has 1 aliphatic heterocycles. The maximum absolute atomic E-state index is 12.5. The summed E-state index contributed by atoms with van der Waals surface area (Å²) in [4.78, 5) is 14.9. The Hall–Kier alpha value is -2.12. The number of carbonyl (C=O) groups excluding carboxylic acids is 1. The van der Waals surface area contributed by atoms with Crippen LogP contribution in [0.1, 0.15) is 56.1 Å². The van der Waals surface area contributed by atoms with Gasteiger partial charge < -0.3 is 14.5 Å². The summed E-state index contributed by atoms with van der Waals surface area (Å²) in [6.07, 6.45) is 8.17. The minimum absolute atomic E-state index is 0.154. The van der Waals surface area contributed by atoms with Crippen LogP contribution in [0.2, 0.25) is 0 Å². The lowest BCUT2D eigenvalue weighted by Gasteiger charge is -2.32. The Balaban J connectivity index is 1.30. The number of hydrogen-bond acceptors (Lipinski definition) is 5. The molecule has 1 amide bonds. The van der Waals surface area contributed by atoms with Crippen LogP contribution < -0.4 is 5.32 Å². The minimum atomic E-state index is 0.154.